The second-order valence-corrected chi connectivity index (χ2v) is 4.69. The van der Waals surface area contributed by atoms with E-state index in [0.29, 0.717) is 27.9 Å². The molecular formula is C16H12F2N2O. The molecule has 2 aromatic carbocycles. The van der Waals surface area contributed by atoms with Crippen molar-refractivity contribution >= 4 is 16.6 Å². The number of aryl methyl sites for hydroxylation is 1. The van der Waals surface area contributed by atoms with E-state index in [1.165, 1.54) is 30.5 Å². The fourth-order valence-electron chi connectivity index (χ4n) is 2.15. The number of nitrogens with two attached hydrogens (primary N) is 1. The van der Waals surface area contributed by atoms with Crippen molar-refractivity contribution in [3.63, 3.8) is 0 Å². The minimum Gasteiger partial charge on any atom is -0.452 e. The Hall–Kier alpha value is -2.69. The molecule has 0 saturated heterocycles. The molecule has 0 radical (unpaired) electrons. The van der Waals surface area contributed by atoms with E-state index in [-0.39, 0.29) is 11.6 Å². The lowest BCUT2D eigenvalue weighted by Crippen LogP contribution is -1.97. The van der Waals surface area contributed by atoms with Crippen molar-refractivity contribution in [2.24, 2.45) is 0 Å². The van der Waals surface area contributed by atoms with Gasteiger partial charge in [-0.25, -0.2) is 8.78 Å². The molecule has 0 unspecified atom stereocenters. The van der Waals surface area contributed by atoms with Crippen molar-refractivity contribution in [2.45, 2.75) is 6.92 Å². The maximum absolute atomic E-state index is 14.2. The SMILES string of the molecule is Cc1cc(F)ccc1Oc1c(F)cc(N)c2cccnc12. The van der Waals surface area contributed by atoms with Crippen LogP contribution in [0.15, 0.2) is 42.6 Å². The highest BCUT2D eigenvalue weighted by molar-refractivity contribution is 5.94. The van der Waals surface area contributed by atoms with Crippen LogP contribution in [0.4, 0.5) is 14.5 Å². The van der Waals surface area contributed by atoms with Gasteiger partial charge in [0.15, 0.2) is 11.6 Å². The van der Waals surface area contributed by atoms with Crippen LogP contribution < -0.4 is 10.5 Å². The van der Waals surface area contributed by atoms with Crippen molar-refractivity contribution in [1.29, 1.82) is 0 Å². The van der Waals surface area contributed by atoms with Gasteiger partial charge in [0.1, 0.15) is 17.1 Å². The molecule has 0 aliphatic heterocycles. The highest BCUT2D eigenvalue weighted by atomic mass is 19.1. The number of fused-ring (bicyclic) bond motifs is 1. The summed E-state index contributed by atoms with van der Waals surface area (Å²) in [6.07, 6.45) is 1.53. The molecule has 0 aliphatic carbocycles. The molecule has 1 heterocycles. The average molecular weight is 286 g/mol. The van der Waals surface area contributed by atoms with Gasteiger partial charge >= 0.3 is 0 Å². The Balaban J connectivity index is 2.16. The molecule has 0 aliphatic rings. The molecule has 21 heavy (non-hydrogen) atoms. The van der Waals surface area contributed by atoms with Gasteiger partial charge in [0.25, 0.3) is 0 Å². The number of nitrogen functional groups attached to an aromatic ring is 1. The number of ether oxygens (including phenoxy) is 1. The maximum atomic E-state index is 14.2. The zero-order valence-electron chi connectivity index (χ0n) is 11.2. The van der Waals surface area contributed by atoms with E-state index in [1.807, 2.05) is 0 Å². The van der Waals surface area contributed by atoms with Gasteiger partial charge in [-0.2, -0.15) is 0 Å². The van der Waals surface area contributed by atoms with Gasteiger partial charge < -0.3 is 10.5 Å². The van der Waals surface area contributed by atoms with Crippen molar-refractivity contribution in [3.05, 3.63) is 59.8 Å². The first kappa shape index (κ1) is 13.3. The monoisotopic (exact) mass is 286 g/mol. The summed E-state index contributed by atoms with van der Waals surface area (Å²) in [7, 11) is 0. The Bertz CT molecular complexity index is 834. The molecule has 3 nitrogen and oxygen atoms in total. The summed E-state index contributed by atoms with van der Waals surface area (Å²) in [5.74, 6) is -0.635. The van der Waals surface area contributed by atoms with Crippen LogP contribution in [0.1, 0.15) is 5.56 Å². The predicted octanol–water partition coefficient (Wildman–Crippen LogP) is 4.20. The Labute approximate surface area is 120 Å². The number of aromatic nitrogens is 1. The van der Waals surface area contributed by atoms with Gasteiger partial charge in [0.2, 0.25) is 0 Å². The summed E-state index contributed by atoms with van der Waals surface area (Å²) in [6, 6.07) is 8.67. The molecule has 1 aromatic heterocycles. The molecule has 0 amide bonds. The first-order valence-corrected chi connectivity index (χ1v) is 6.33. The van der Waals surface area contributed by atoms with Gasteiger partial charge in [-0.05, 0) is 42.8 Å². The van der Waals surface area contributed by atoms with Crippen molar-refractivity contribution in [3.8, 4) is 11.5 Å². The minimum absolute atomic E-state index is 0.0190. The number of anilines is 1. The number of nitrogens with zero attached hydrogens (tertiary/aromatic N) is 1. The van der Waals surface area contributed by atoms with Crippen LogP contribution in [0.3, 0.4) is 0 Å². The van der Waals surface area contributed by atoms with Gasteiger partial charge in [0, 0.05) is 23.3 Å². The molecule has 0 bridgehead atoms. The van der Waals surface area contributed by atoms with Gasteiger partial charge in [-0.1, -0.05) is 0 Å². The average Bonchev–Trinajstić information content (AvgIpc) is 2.45. The lowest BCUT2D eigenvalue weighted by molar-refractivity contribution is 0.443. The van der Waals surface area contributed by atoms with Crippen LogP contribution in [0.5, 0.6) is 11.5 Å². The predicted molar refractivity (Wildman–Crippen MR) is 77.3 cm³/mol. The molecule has 3 rings (SSSR count). The molecule has 2 N–H and O–H groups in total. The third-order valence-electron chi connectivity index (χ3n) is 3.18. The highest BCUT2D eigenvalue weighted by Crippen LogP contribution is 2.35. The van der Waals surface area contributed by atoms with Gasteiger partial charge in [-0.15, -0.1) is 0 Å². The number of hydrogen-bond donors (Lipinski definition) is 1. The second kappa shape index (κ2) is 5.01. The van der Waals surface area contributed by atoms with Crippen molar-refractivity contribution < 1.29 is 13.5 Å². The number of hydrogen-bond acceptors (Lipinski definition) is 3. The zero-order chi connectivity index (χ0) is 15.0. The lowest BCUT2D eigenvalue weighted by atomic mass is 10.1. The second-order valence-electron chi connectivity index (χ2n) is 4.69. The van der Waals surface area contributed by atoms with Crippen LogP contribution in [-0.4, -0.2) is 4.98 Å². The standard InChI is InChI=1S/C16H12F2N2O/c1-9-7-10(17)4-5-14(9)21-16-12(18)8-13(19)11-3-2-6-20-15(11)16/h2-8H,19H2,1H3. The Morgan fingerprint density at radius 1 is 1.14 bits per heavy atom. The van der Waals surface area contributed by atoms with E-state index in [0.717, 1.165) is 0 Å². The molecule has 106 valence electrons. The zero-order valence-corrected chi connectivity index (χ0v) is 11.2. The van der Waals surface area contributed by atoms with E-state index >= 15 is 0 Å². The topological polar surface area (TPSA) is 48.1 Å². The fraction of sp³-hybridized carbons (Fsp3) is 0.0625. The van der Waals surface area contributed by atoms with Crippen molar-refractivity contribution in [2.75, 3.05) is 5.73 Å². The molecule has 0 spiro atoms. The molecular weight excluding hydrogens is 274 g/mol. The van der Waals surface area contributed by atoms with Crippen LogP contribution in [0, 0.1) is 18.6 Å². The third kappa shape index (κ3) is 2.38. The van der Waals surface area contributed by atoms with E-state index in [4.69, 9.17) is 10.5 Å². The number of halogens is 2. The summed E-state index contributed by atoms with van der Waals surface area (Å²) in [5, 5.41) is 0.605. The third-order valence-corrected chi connectivity index (χ3v) is 3.18. The van der Waals surface area contributed by atoms with Crippen molar-refractivity contribution in [1.82, 2.24) is 4.98 Å². The summed E-state index contributed by atoms with van der Waals surface area (Å²) in [5.41, 5.74) is 6.97. The van der Waals surface area contributed by atoms with Crippen LogP contribution in [-0.2, 0) is 0 Å². The van der Waals surface area contributed by atoms with E-state index in [9.17, 15) is 8.78 Å². The Morgan fingerprint density at radius 2 is 1.95 bits per heavy atom. The number of rotatable bonds is 2. The fourth-order valence-corrected chi connectivity index (χ4v) is 2.15. The Kier molecular flexibility index (Phi) is 3.17. The maximum Gasteiger partial charge on any atom is 0.189 e. The van der Waals surface area contributed by atoms with E-state index in [1.54, 1.807) is 19.1 Å². The minimum atomic E-state index is -0.609. The smallest absolute Gasteiger partial charge is 0.189 e. The molecule has 0 fully saturated rings. The summed E-state index contributed by atoms with van der Waals surface area (Å²) < 4.78 is 32.9. The summed E-state index contributed by atoms with van der Waals surface area (Å²) >= 11 is 0. The first-order valence-electron chi connectivity index (χ1n) is 6.33. The van der Waals surface area contributed by atoms with Crippen LogP contribution in [0.25, 0.3) is 10.9 Å². The van der Waals surface area contributed by atoms with Crippen LogP contribution >= 0.6 is 0 Å². The van der Waals surface area contributed by atoms with E-state index in [2.05, 4.69) is 4.98 Å². The Morgan fingerprint density at radius 3 is 2.71 bits per heavy atom. The molecule has 3 aromatic rings. The lowest BCUT2D eigenvalue weighted by Gasteiger charge is -2.12. The quantitative estimate of drug-likeness (QED) is 0.718. The van der Waals surface area contributed by atoms with Crippen LogP contribution in [0.2, 0.25) is 0 Å². The first-order chi connectivity index (χ1) is 10.1. The molecule has 0 saturated carbocycles. The number of benzene rings is 2. The summed E-state index contributed by atoms with van der Waals surface area (Å²) in [4.78, 5) is 4.13. The van der Waals surface area contributed by atoms with Gasteiger partial charge in [0.05, 0.1) is 0 Å². The largest absolute Gasteiger partial charge is 0.452 e. The normalized spacial score (nSPS) is 10.8. The molecule has 5 heteroatoms. The van der Waals surface area contributed by atoms with Gasteiger partial charge in [-0.3, -0.25) is 4.98 Å². The molecule has 0 atom stereocenters. The number of pyridine rings is 1. The van der Waals surface area contributed by atoms with E-state index < -0.39 is 5.82 Å². The highest BCUT2D eigenvalue weighted by Gasteiger charge is 2.15. The summed E-state index contributed by atoms with van der Waals surface area (Å²) in [6.45, 7) is 1.68.